The molecule has 1 N–H and O–H groups in total. The fourth-order valence-electron chi connectivity index (χ4n) is 2.15. The highest BCUT2D eigenvalue weighted by atomic mass is 35.5. The van der Waals surface area contributed by atoms with Crippen molar-refractivity contribution < 1.29 is 9.53 Å². The van der Waals surface area contributed by atoms with Crippen LogP contribution in [0.4, 0.5) is 0 Å². The number of nitrogens with one attached hydrogen (secondary N) is 1. The monoisotopic (exact) mass is 262 g/mol. The average Bonchev–Trinajstić information content (AvgIpc) is 2.98. The van der Waals surface area contributed by atoms with E-state index in [4.69, 9.17) is 16.3 Å². The summed E-state index contributed by atoms with van der Waals surface area (Å²) in [5.41, 5.74) is 1.90. The maximum absolute atomic E-state index is 12.0. The highest BCUT2D eigenvalue weighted by Gasteiger charge is 2.20. The number of ketones is 1. The fourth-order valence-corrected chi connectivity index (χ4v) is 2.42. The molecule has 3 rings (SSSR count). The zero-order valence-electron chi connectivity index (χ0n) is 9.57. The van der Waals surface area contributed by atoms with Gasteiger partial charge in [0.05, 0.1) is 6.61 Å². The Balaban J connectivity index is 1.91. The molecule has 4 nitrogen and oxygen atoms in total. The van der Waals surface area contributed by atoms with Crippen molar-refractivity contribution in [3.8, 4) is 5.75 Å². The lowest BCUT2D eigenvalue weighted by atomic mass is 10.0. The number of hydrogen-bond acceptors (Lipinski definition) is 3. The van der Waals surface area contributed by atoms with E-state index < -0.39 is 0 Å². The molecule has 0 amide bonds. The molecule has 0 unspecified atom stereocenters. The topological polar surface area (TPSA) is 55.0 Å². The van der Waals surface area contributed by atoms with Gasteiger partial charge in [-0.2, -0.15) is 0 Å². The van der Waals surface area contributed by atoms with Gasteiger partial charge in [-0.3, -0.25) is 4.79 Å². The molecule has 2 heterocycles. The van der Waals surface area contributed by atoms with Gasteiger partial charge < -0.3 is 9.72 Å². The average molecular weight is 263 g/mol. The van der Waals surface area contributed by atoms with Crippen LogP contribution in [0.3, 0.4) is 0 Å². The minimum Gasteiger partial charge on any atom is -0.493 e. The number of nitrogens with zero attached hydrogens (tertiary/aromatic N) is 1. The van der Waals surface area contributed by atoms with Gasteiger partial charge >= 0.3 is 0 Å². The molecule has 0 bridgehead atoms. The second-order valence-corrected chi connectivity index (χ2v) is 4.63. The molecule has 0 saturated heterocycles. The number of benzene rings is 1. The smallest absolute Gasteiger partial charge is 0.202 e. The Bertz CT molecular complexity index is 593. The number of halogens is 1. The third-order valence-electron chi connectivity index (χ3n) is 2.94. The van der Waals surface area contributed by atoms with Crippen molar-refractivity contribution in [2.75, 3.05) is 6.61 Å². The maximum Gasteiger partial charge on any atom is 0.202 e. The van der Waals surface area contributed by atoms with E-state index in [1.54, 1.807) is 18.5 Å². The van der Waals surface area contributed by atoms with Gasteiger partial charge in [0.1, 0.15) is 5.75 Å². The van der Waals surface area contributed by atoms with Gasteiger partial charge in [0.2, 0.25) is 5.78 Å². The Labute approximate surface area is 109 Å². The zero-order chi connectivity index (χ0) is 12.5. The maximum atomic E-state index is 12.0. The highest BCUT2D eigenvalue weighted by Crippen LogP contribution is 2.33. The van der Waals surface area contributed by atoms with Gasteiger partial charge in [0.25, 0.3) is 0 Å². The first-order valence-electron chi connectivity index (χ1n) is 5.71. The molecule has 2 aromatic rings. The molecule has 18 heavy (non-hydrogen) atoms. The molecule has 0 aliphatic carbocycles. The van der Waals surface area contributed by atoms with Crippen LogP contribution in [-0.4, -0.2) is 22.4 Å². The molecular formula is C13H11ClN2O2. The minimum atomic E-state index is -0.0695. The number of ether oxygens (including phenoxy) is 1. The van der Waals surface area contributed by atoms with E-state index in [2.05, 4.69) is 9.97 Å². The van der Waals surface area contributed by atoms with Crippen molar-refractivity contribution in [1.29, 1.82) is 0 Å². The molecule has 0 fully saturated rings. The Morgan fingerprint density at radius 2 is 2.39 bits per heavy atom. The van der Waals surface area contributed by atoms with Gasteiger partial charge in [0, 0.05) is 35.8 Å². The second-order valence-electron chi connectivity index (χ2n) is 4.19. The van der Waals surface area contributed by atoms with Crippen molar-refractivity contribution in [3.05, 3.63) is 46.5 Å². The number of carbonyl (C=O) groups excluding carboxylic acids is 1. The van der Waals surface area contributed by atoms with Gasteiger partial charge in [-0.25, -0.2) is 4.98 Å². The van der Waals surface area contributed by atoms with E-state index in [1.165, 1.54) is 0 Å². The molecule has 0 saturated carbocycles. The van der Waals surface area contributed by atoms with E-state index >= 15 is 0 Å². The molecule has 5 heteroatoms. The summed E-state index contributed by atoms with van der Waals surface area (Å²) in [6.45, 7) is 0.650. The van der Waals surface area contributed by atoms with E-state index in [9.17, 15) is 4.79 Å². The predicted molar refractivity (Wildman–Crippen MR) is 67.3 cm³/mol. The Kier molecular flexibility index (Phi) is 2.80. The van der Waals surface area contributed by atoms with Crippen molar-refractivity contribution in [3.63, 3.8) is 0 Å². The molecule has 1 aromatic heterocycles. The third-order valence-corrected chi connectivity index (χ3v) is 3.16. The number of rotatable bonds is 3. The number of Topliss-reactive ketones (excluding diaryl/α,β-unsaturated/α-hetero) is 1. The van der Waals surface area contributed by atoms with Crippen molar-refractivity contribution >= 4 is 17.4 Å². The largest absolute Gasteiger partial charge is 0.493 e. The van der Waals surface area contributed by atoms with Crippen LogP contribution in [0.2, 0.25) is 5.02 Å². The number of carbonyl (C=O) groups is 1. The summed E-state index contributed by atoms with van der Waals surface area (Å²) in [4.78, 5) is 18.7. The molecule has 92 valence electrons. The first-order valence-corrected chi connectivity index (χ1v) is 6.08. The zero-order valence-corrected chi connectivity index (χ0v) is 10.3. The lowest BCUT2D eigenvalue weighted by Gasteiger charge is -2.07. The van der Waals surface area contributed by atoms with E-state index in [0.717, 1.165) is 23.3 Å². The van der Waals surface area contributed by atoms with Crippen LogP contribution in [0.1, 0.15) is 21.7 Å². The molecule has 1 aliphatic heterocycles. The highest BCUT2D eigenvalue weighted by molar-refractivity contribution is 6.30. The van der Waals surface area contributed by atoms with Crippen LogP contribution in [-0.2, 0) is 12.8 Å². The minimum absolute atomic E-state index is 0.0695. The number of H-pyrrole nitrogens is 1. The standard InChI is InChI=1S/C13H11ClN2O2/c14-10-5-8-1-4-18-12(8)9(6-10)7-11(17)13-15-2-3-16-13/h2-3,5-6H,1,4,7H2,(H,15,16). The van der Waals surface area contributed by atoms with Crippen LogP contribution >= 0.6 is 11.6 Å². The Morgan fingerprint density at radius 3 is 3.17 bits per heavy atom. The van der Waals surface area contributed by atoms with Crippen LogP contribution in [0.5, 0.6) is 5.75 Å². The number of imidazole rings is 1. The number of aromatic amines is 1. The molecule has 1 aliphatic rings. The summed E-state index contributed by atoms with van der Waals surface area (Å²) in [7, 11) is 0. The summed E-state index contributed by atoms with van der Waals surface area (Å²) < 4.78 is 5.56. The predicted octanol–water partition coefficient (Wildman–Crippen LogP) is 2.42. The molecule has 0 atom stereocenters. The van der Waals surface area contributed by atoms with E-state index in [0.29, 0.717) is 17.5 Å². The number of hydrogen-bond donors (Lipinski definition) is 1. The first-order chi connectivity index (χ1) is 8.74. The molecule has 1 aromatic carbocycles. The van der Waals surface area contributed by atoms with Crippen molar-refractivity contribution in [1.82, 2.24) is 9.97 Å². The van der Waals surface area contributed by atoms with Gasteiger partial charge in [-0.1, -0.05) is 11.6 Å². The van der Waals surface area contributed by atoms with Gasteiger partial charge in [-0.15, -0.1) is 0 Å². The lowest BCUT2D eigenvalue weighted by Crippen LogP contribution is -2.06. The third kappa shape index (κ3) is 1.99. The molecule has 0 spiro atoms. The van der Waals surface area contributed by atoms with Gasteiger partial charge in [0.15, 0.2) is 5.82 Å². The lowest BCUT2D eigenvalue weighted by molar-refractivity contribution is 0.0983. The SMILES string of the molecule is O=C(Cc1cc(Cl)cc2c1OCC2)c1ncc[nH]1. The Hall–Kier alpha value is -1.81. The summed E-state index contributed by atoms with van der Waals surface area (Å²) in [5, 5.41) is 0.640. The molecular weight excluding hydrogens is 252 g/mol. The van der Waals surface area contributed by atoms with E-state index in [1.807, 2.05) is 6.07 Å². The fraction of sp³-hybridized carbons (Fsp3) is 0.231. The summed E-state index contributed by atoms with van der Waals surface area (Å²) in [5.74, 6) is 1.10. The van der Waals surface area contributed by atoms with Crippen molar-refractivity contribution in [2.45, 2.75) is 12.8 Å². The molecule has 0 radical (unpaired) electrons. The number of fused-ring (bicyclic) bond motifs is 1. The first kappa shape index (κ1) is 11.3. The summed E-state index contributed by atoms with van der Waals surface area (Å²) >= 11 is 6.05. The van der Waals surface area contributed by atoms with Gasteiger partial charge in [-0.05, 0) is 17.7 Å². The van der Waals surface area contributed by atoms with Crippen molar-refractivity contribution in [2.24, 2.45) is 0 Å². The van der Waals surface area contributed by atoms with Crippen LogP contribution in [0, 0.1) is 0 Å². The normalized spacial score (nSPS) is 13.2. The quantitative estimate of drug-likeness (QED) is 0.865. The van der Waals surface area contributed by atoms with Crippen LogP contribution < -0.4 is 4.74 Å². The van der Waals surface area contributed by atoms with Crippen LogP contribution in [0.15, 0.2) is 24.5 Å². The summed E-state index contributed by atoms with van der Waals surface area (Å²) in [6.07, 6.45) is 4.28. The number of aromatic nitrogens is 2. The Morgan fingerprint density at radius 1 is 1.50 bits per heavy atom. The van der Waals surface area contributed by atoms with E-state index in [-0.39, 0.29) is 12.2 Å². The second kappa shape index (κ2) is 4.46. The summed E-state index contributed by atoms with van der Waals surface area (Å²) in [6, 6.07) is 3.68. The van der Waals surface area contributed by atoms with Crippen LogP contribution in [0.25, 0.3) is 0 Å².